The molecule has 3 heteroatoms. The highest BCUT2D eigenvalue weighted by atomic mass is 16.1. The zero-order chi connectivity index (χ0) is 11.9. The van der Waals surface area contributed by atoms with Gasteiger partial charge in [-0.15, -0.1) is 6.42 Å². The fourth-order valence-corrected chi connectivity index (χ4v) is 1.18. The molecule has 0 aromatic carbocycles. The number of rotatable bonds is 6. The SMILES string of the molecule is C#CC(C)(C)NCC(=O)NC(C)CCC. The van der Waals surface area contributed by atoms with Crippen molar-refractivity contribution in [1.29, 1.82) is 0 Å². The number of carbonyl (C=O) groups excluding carboxylic acids is 1. The van der Waals surface area contributed by atoms with Crippen LogP contribution < -0.4 is 10.6 Å². The molecule has 86 valence electrons. The summed E-state index contributed by atoms with van der Waals surface area (Å²) < 4.78 is 0. The molecule has 0 aliphatic carbocycles. The van der Waals surface area contributed by atoms with Gasteiger partial charge >= 0.3 is 0 Å². The molecule has 0 aromatic rings. The second kappa shape index (κ2) is 6.47. The second-order valence-electron chi connectivity index (χ2n) is 4.38. The zero-order valence-electron chi connectivity index (χ0n) is 10.2. The first-order chi connectivity index (χ1) is 6.91. The molecule has 3 nitrogen and oxygen atoms in total. The standard InChI is InChI=1S/C12H22N2O/c1-6-8-10(3)14-11(15)9-13-12(4,5)7-2/h2,10,13H,6,8-9H2,1,3-5H3,(H,14,15). The maximum absolute atomic E-state index is 11.4. The highest BCUT2D eigenvalue weighted by molar-refractivity contribution is 5.78. The monoisotopic (exact) mass is 210 g/mol. The summed E-state index contributed by atoms with van der Waals surface area (Å²) in [5.74, 6) is 2.58. The van der Waals surface area contributed by atoms with Crippen molar-refractivity contribution < 1.29 is 4.79 Å². The molecule has 0 radical (unpaired) electrons. The van der Waals surface area contributed by atoms with E-state index in [1.807, 2.05) is 20.8 Å². The molecule has 0 saturated carbocycles. The van der Waals surface area contributed by atoms with E-state index in [0.717, 1.165) is 12.8 Å². The van der Waals surface area contributed by atoms with Crippen molar-refractivity contribution in [3.63, 3.8) is 0 Å². The van der Waals surface area contributed by atoms with E-state index in [1.54, 1.807) is 0 Å². The van der Waals surface area contributed by atoms with Crippen LogP contribution in [-0.4, -0.2) is 24.0 Å². The number of hydrogen-bond acceptors (Lipinski definition) is 2. The Morgan fingerprint density at radius 2 is 2.13 bits per heavy atom. The van der Waals surface area contributed by atoms with Crippen LogP contribution in [0.3, 0.4) is 0 Å². The second-order valence-corrected chi connectivity index (χ2v) is 4.38. The van der Waals surface area contributed by atoms with Crippen LogP contribution in [0, 0.1) is 12.3 Å². The summed E-state index contributed by atoms with van der Waals surface area (Å²) in [6, 6.07) is 0.234. The smallest absolute Gasteiger partial charge is 0.234 e. The Labute approximate surface area is 93.0 Å². The van der Waals surface area contributed by atoms with E-state index in [1.165, 1.54) is 0 Å². The molecule has 0 saturated heterocycles. The molecule has 0 bridgehead atoms. The van der Waals surface area contributed by atoms with E-state index in [4.69, 9.17) is 6.42 Å². The zero-order valence-corrected chi connectivity index (χ0v) is 10.2. The van der Waals surface area contributed by atoms with Crippen molar-refractivity contribution in [1.82, 2.24) is 10.6 Å². The topological polar surface area (TPSA) is 41.1 Å². The first-order valence-corrected chi connectivity index (χ1v) is 5.43. The quantitative estimate of drug-likeness (QED) is 0.649. The summed E-state index contributed by atoms with van der Waals surface area (Å²) in [5, 5.41) is 5.92. The van der Waals surface area contributed by atoms with E-state index in [2.05, 4.69) is 23.5 Å². The number of terminal acetylenes is 1. The van der Waals surface area contributed by atoms with Gasteiger partial charge in [0.2, 0.25) is 5.91 Å². The van der Waals surface area contributed by atoms with E-state index < -0.39 is 5.54 Å². The van der Waals surface area contributed by atoms with Crippen molar-refractivity contribution >= 4 is 5.91 Å². The van der Waals surface area contributed by atoms with Gasteiger partial charge in [-0.05, 0) is 27.2 Å². The average Bonchev–Trinajstić information content (AvgIpc) is 2.15. The predicted octanol–water partition coefficient (Wildman–Crippen LogP) is 1.29. The molecule has 1 atom stereocenters. The minimum Gasteiger partial charge on any atom is -0.353 e. The van der Waals surface area contributed by atoms with Crippen molar-refractivity contribution in [3.05, 3.63) is 0 Å². The fraction of sp³-hybridized carbons (Fsp3) is 0.750. The van der Waals surface area contributed by atoms with Crippen molar-refractivity contribution in [2.24, 2.45) is 0 Å². The Morgan fingerprint density at radius 1 is 1.53 bits per heavy atom. The maximum Gasteiger partial charge on any atom is 0.234 e. The summed E-state index contributed by atoms with van der Waals surface area (Å²) in [4.78, 5) is 11.4. The highest BCUT2D eigenvalue weighted by Gasteiger charge is 2.14. The van der Waals surface area contributed by atoms with Crippen LogP contribution in [0.25, 0.3) is 0 Å². The lowest BCUT2D eigenvalue weighted by molar-refractivity contribution is -0.121. The molecular weight excluding hydrogens is 188 g/mol. The molecule has 0 fully saturated rings. The van der Waals surface area contributed by atoms with Gasteiger partial charge in [0.15, 0.2) is 0 Å². The number of carbonyl (C=O) groups is 1. The van der Waals surface area contributed by atoms with E-state index in [-0.39, 0.29) is 18.5 Å². The van der Waals surface area contributed by atoms with Crippen molar-refractivity contribution in [3.8, 4) is 12.3 Å². The lowest BCUT2D eigenvalue weighted by Gasteiger charge is -2.20. The molecule has 0 aliphatic heterocycles. The Bertz CT molecular complexity index is 240. The van der Waals surface area contributed by atoms with Crippen LogP contribution in [0.2, 0.25) is 0 Å². The van der Waals surface area contributed by atoms with Gasteiger partial charge in [-0.1, -0.05) is 19.3 Å². The molecule has 1 unspecified atom stereocenters. The minimum atomic E-state index is -0.425. The third kappa shape index (κ3) is 6.98. The number of nitrogens with one attached hydrogen (secondary N) is 2. The number of hydrogen-bond donors (Lipinski definition) is 2. The predicted molar refractivity (Wildman–Crippen MR) is 63.4 cm³/mol. The minimum absolute atomic E-state index is 0.000671. The normalized spacial score (nSPS) is 13.0. The molecule has 2 N–H and O–H groups in total. The molecule has 0 heterocycles. The Morgan fingerprint density at radius 3 is 2.60 bits per heavy atom. The van der Waals surface area contributed by atoms with Crippen LogP contribution in [0.5, 0.6) is 0 Å². The van der Waals surface area contributed by atoms with Gasteiger partial charge in [0, 0.05) is 6.04 Å². The van der Waals surface area contributed by atoms with E-state index in [0.29, 0.717) is 0 Å². The average molecular weight is 210 g/mol. The lowest BCUT2D eigenvalue weighted by atomic mass is 10.1. The summed E-state index contributed by atoms with van der Waals surface area (Å²) in [6.07, 6.45) is 7.38. The Hall–Kier alpha value is -1.01. The third-order valence-corrected chi connectivity index (χ3v) is 2.18. The third-order valence-electron chi connectivity index (χ3n) is 2.18. The Kier molecular flexibility index (Phi) is 6.03. The highest BCUT2D eigenvalue weighted by Crippen LogP contribution is 1.98. The first kappa shape index (κ1) is 14.0. The summed E-state index contributed by atoms with van der Waals surface area (Å²) in [5.41, 5.74) is -0.425. The van der Waals surface area contributed by atoms with Crippen molar-refractivity contribution in [2.45, 2.75) is 52.1 Å². The fourth-order valence-electron chi connectivity index (χ4n) is 1.18. The summed E-state index contributed by atoms with van der Waals surface area (Å²) in [7, 11) is 0. The van der Waals surface area contributed by atoms with Gasteiger partial charge in [-0.25, -0.2) is 0 Å². The van der Waals surface area contributed by atoms with Gasteiger partial charge in [0.05, 0.1) is 12.1 Å². The molecule has 0 rings (SSSR count). The van der Waals surface area contributed by atoms with E-state index >= 15 is 0 Å². The summed E-state index contributed by atoms with van der Waals surface area (Å²) >= 11 is 0. The van der Waals surface area contributed by atoms with E-state index in [9.17, 15) is 4.79 Å². The molecule has 0 aliphatic rings. The van der Waals surface area contributed by atoms with Crippen LogP contribution in [0.1, 0.15) is 40.5 Å². The maximum atomic E-state index is 11.4. The molecule has 1 amide bonds. The molecule has 0 spiro atoms. The van der Waals surface area contributed by atoms with Crippen molar-refractivity contribution in [2.75, 3.05) is 6.54 Å². The van der Waals surface area contributed by atoms with Gasteiger partial charge in [0.1, 0.15) is 0 Å². The largest absolute Gasteiger partial charge is 0.353 e. The van der Waals surface area contributed by atoms with Gasteiger partial charge in [0.25, 0.3) is 0 Å². The molecule has 0 aromatic heterocycles. The van der Waals surface area contributed by atoms with Crippen LogP contribution >= 0.6 is 0 Å². The lowest BCUT2D eigenvalue weighted by Crippen LogP contribution is -2.46. The summed E-state index contributed by atoms with van der Waals surface area (Å²) in [6.45, 7) is 8.12. The van der Waals surface area contributed by atoms with Gasteiger partial charge in [-0.2, -0.15) is 0 Å². The van der Waals surface area contributed by atoms with Crippen LogP contribution in [0.15, 0.2) is 0 Å². The Balaban J connectivity index is 3.81. The van der Waals surface area contributed by atoms with Gasteiger partial charge < -0.3 is 5.32 Å². The van der Waals surface area contributed by atoms with Crippen LogP contribution in [-0.2, 0) is 4.79 Å². The molecular formula is C12H22N2O. The number of amides is 1. The first-order valence-electron chi connectivity index (χ1n) is 5.43. The van der Waals surface area contributed by atoms with Crippen LogP contribution in [0.4, 0.5) is 0 Å². The van der Waals surface area contributed by atoms with Gasteiger partial charge in [-0.3, -0.25) is 10.1 Å². The molecule has 15 heavy (non-hydrogen) atoms.